The number of carbonyl (C=O) groups is 4. The van der Waals surface area contributed by atoms with E-state index in [0.29, 0.717) is 5.57 Å². The van der Waals surface area contributed by atoms with Gasteiger partial charge < -0.3 is 25.5 Å². The molecule has 3 rings (SSSR count). The quantitative estimate of drug-likeness (QED) is 0.328. The lowest BCUT2D eigenvalue weighted by Gasteiger charge is -2.19. The maximum Gasteiger partial charge on any atom is 0.339 e. The van der Waals surface area contributed by atoms with Gasteiger partial charge in [-0.3, -0.25) is 4.79 Å². The van der Waals surface area contributed by atoms with E-state index in [9.17, 15) is 44.7 Å². The van der Waals surface area contributed by atoms with Gasteiger partial charge in [0.05, 0.1) is 0 Å². The summed E-state index contributed by atoms with van der Waals surface area (Å²) in [6.07, 6.45) is 2.61. The lowest BCUT2D eigenvalue weighted by Crippen LogP contribution is -2.18. The summed E-state index contributed by atoms with van der Waals surface area (Å²) >= 11 is 0. The first kappa shape index (κ1) is 24.0. The predicted octanol–water partition coefficient (Wildman–Crippen LogP) is 3.45. The van der Waals surface area contributed by atoms with Crippen molar-refractivity contribution in [2.45, 2.75) is 20.8 Å². The Hall–Kier alpha value is -4.66. The first-order valence-corrected chi connectivity index (χ1v) is 9.90. The molecule has 0 saturated carbocycles. The first-order valence-electron chi connectivity index (χ1n) is 9.90. The van der Waals surface area contributed by atoms with Crippen molar-refractivity contribution in [3.05, 3.63) is 86.5 Å². The van der Waals surface area contributed by atoms with Gasteiger partial charge in [0.25, 0.3) is 0 Å². The van der Waals surface area contributed by atoms with E-state index in [4.69, 9.17) is 0 Å². The van der Waals surface area contributed by atoms with Crippen molar-refractivity contribution in [3.63, 3.8) is 0 Å². The Labute approximate surface area is 193 Å². The number of benzene rings is 2. The van der Waals surface area contributed by atoms with Gasteiger partial charge in [-0.25, -0.2) is 14.4 Å². The van der Waals surface area contributed by atoms with E-state index >= 15 is 0 Å². The number of carbonyl (C=O) groups excluding carboxylic acids is 1. The van der Waals surface area contributed by atoms with Gasteiger partial charge in [0.2, 0.25) is 5.78 Å². The average Bonchev–Trinajstić information content (AvgIpc) is 2.74. The van der Waals surface area contributed by atoms with Gasteiger partial charge >= 0.3 is 17.9 Å². The molecule has 5 N–H and O–H groups in total. The minimum Gasteiger partial charge on any atom is -0.507 e. The van der Waals surface area contributed by atoms with Gasteiger partial charge in [-0.1, -0.05) is 0 Å². The first-order chi connectivity index (χ1) is 15.8. The number of aromatic hydroxyl groups is 2. The van der Waals surface area contributed by atoms with Crippen LogP contribution in [0.1, 0.15) is 49.9 Å². The number of carboxylic acid groups (broad SMARTS) is 3. The molecular formula is C25H20O9. The third-order valence-corrected chi connectivity index (χ3v) is 5.37. The monoisotopic (exact) mass is 464 g/mol. The Morgan fingerprint density at radius 1 is 0.676 bits per heavy atom. The number of aryl methyl sites for hydroxylation is 2. The molecule has 1 aliphatic carbocycles. The van der Waals surface area contributed by atoms with Gasteiger partial charge in [0, 0.05) is 11.1 Å². The Balaban J connectivity index is 2.51. The molecule has 34 heavy (non-hydrogen) atoms. The largest absolute Gasteiger partial charge is 0.507 e. The highest BCUT2D eigenvalue weighted by molar-refractivity contribution is 6.28. The molecular weight excluding hydrogens is 444 g/mol. The summed E-state index contributed by atoms with van der Waals surface area (Å²) in [5, 5.41) is 48.9. The fourth-order valence-electron chi connectivity index (χ4n) is 3.77. The highest BCUT2D eigenvalue weighted by Crippen LogP contribution is 2.38. The molecule has 0 spiro atoms. The van der Waals surface area contributed by atoms with Crippen LogP contribution in [-0.2, 0) is 9.59 Å². The Bertz CT molecular complexity index is 1320. The Morgan fingerprint density at radius 2 is 1.12 bits per heavy atom. The van der Waals surface area contributed by atoms with E-state index in [0.717, 1.165) is 12.1 Å². The molecule has 9 nitrogen and oxygen atoms in total. The maximum atomic E-state index is 13.2. The number of carboxylic acids is 3. The molecule has 0 fully saturated rings. The number of hydrogen-bond acceptors (Lipinski definition) is 6. The molecule has 0 heterocycles. The number of rotatable bonds is 5. The Morgan fingerprint density at radius 3 is 1.50 bits per heavy atom. The highest BCUT2D eigenvalue weighted by atomic mass is 16.4. The molecule has 0 unspecified atom stereocenters. The van der Waals surface area contributed by atoms with Crippen molar-refractivity contribution in [1.29, 1.82) is 0 Å². The number of Topliss-reactive ketones (excluding diaryl/α,β-unsaturated/α-hetero) is 1. The van der Waals surface area contributed by atoms with Crippen molar-refractivity contribution in [2.24, 2.45) is 0 Å². The minimum absolute atomic E-state index is 0.0485. The van der Waals surface area contributed by atoms with Gasteiger partial charge in [0.1, 0.15) is 28.2 Å². The zero-order valence-electron chi connectivity index (χ0n) is 18.3. The molecule has 0 bridgehead atoms. The summed E-state index contributed by atoms with van der Waals surface area (Å²) in [5.41, 5.74) is -0.475. The average molecular weight is 464 g/mol. The summed E-state index contributed by atoms with van der Waals surface area (Å²) in [5.74, 6) is -6.17. The van der Waals surface area contributed by atoms with Crippen LogP contribution >= 0.6 is 0 Å². The molecule has 9 heteroatoms. The van der Waals surface area contributed by atoms with Gasteiger partial charge in [0.15, 0.2) is 0 Å². The van der Waals surface area contributed by atoms with Crippen molar-refractivity contribution in [3.8, 4) is 11.5 Å². The van der Waals surface area contributed by atoms with Crippen LogP contribution < -0.4 is 0 Å². The molecule has 0 atom stereocenters. The van der Waals surface area contributed by atoms with Crippen molar-refractivity contribution >= 4 is 29.3 Å². The standard InChI is InChI=1S/C25H20O9/c1-10-4-15(22(28)16(5-10)23(29)30)19(13-6-11(2)20(26)17(8-13)24(31)32)14-7-12(3)21(27)18(9-14)25(33)34/h4-9,26-27H,1-3H3,(H,29,30)(H,31,32)(H,33,34). The molecule has 174 valence electrons. The minimum atomic E-state index is -1.46. The zero-order valence-corrected chi connectivity index (χ0v) is 18.3. The maximum absolute atomic E-state index is 13.2. The van der Waals surface area contributed by atoms with Crippen LogP contribution in [0.3, 0.4) is 0 Å². The summed E-state index contributed by atoms with van der Waals surface area (Å²) in [7, 11) is 0. The summed E-state index contributed by atoms with van der Waals surface area (Å²) in [6, 6.07) is 5.04. The predicted molar refractivity (Wildman–Crippen MR) is 120 cm³/mol. The fourth-order valence-corrected chi connectivity index (χ4v) is 3.77. The third kappa shape index (κ3) is 4.18. The van der Waals surface area contributed by atoms with E-state index in [1.165, 1.54) is 38.1 Å². The molecule has 0 radical (unpaired) electrons. The molecule has 0 aliphatic heterocycles. The van der Waals surface area contributed by atoms with Gasteiger partial charge in [-0.15, -0.1) is 0 Å². The van der Waals surface area contributed by atoms with Crippen molar-refractivity contribution in [1.82, 2.24) is 0 Å². The lowest BCUT2D eigenvalue weighted by molar-refractivity contribution is -0.134. The van der Waals surface area contributed by atoms with Gasteiger partial charge in [-0.05, 0) is 85.0 Å². The summed E-state index contributed by atoms with van der Waals surface area (Å²) in [6.45, 7) is 4.47. The molecule has 2 aromatic rings. The van der Waals surface area contributed by atoms with Crippen LogP contribution in [0.15, 0.2) is 53.1 Å². The van der Waals surface area contributed by atoms with Crippen LogP contribution in [0.4, 0.5) is 0 Å². The third-order valence-electron chi connectivity index (χ3n) is 5.37. The topological polar surface area (TPSA) is 169 Å². The van der Waals surface area contributed by atoms with E-state index in [2.05, 4.69) is 0 Å². The molecule has 1 aliphatic rings. The number of aromatic carboxylic acids is 2. The zero-order chi connectivity index (χ0) is 25.5. The van der Waals surface area contributed by atoms with Crippen LogP contribution in [0.5, 0.6) is 11.5 Å². The normalized spacial score (nSPS) is 13.3. The second-order valence-electron chi connectivity index (χ2n) is 7.86. The van der Waals surface area contributed by atoms with Crippen LogP contribution in [0.25, 0.3) is 5.57 Å². The van der Waals surface area contributed by atoms with E-state index in [1.54, 1.807) is 6.92 Å². The van der Waals surface area contributed by atoms with Crippen molar-refractivity contribution in [2.75, 3.05) is 0 Å². The number of allylic oxidation sites excluding steroid dienone is 4. The Kier molecular flexibility index (Phi) is 6.14. The number of hydrogen-bond donors (Lipinski definition) is 5. The molecule has 0 aromatic heterocycles. The lowest BCUT2D eigenvalue weighted by atomic mass is 9.83. The van der Waals surface area contributed by atoms with E-state index in [1.807, 2.05) is 0 Å². The SMILES string of the molecule is CC1=CC(=C(c2cc(C)c(O)c(C(=O)O)c2)c2cc(C)c(O)c(C(=O)O)c2)C(=O)C(C(=O)O)=C1. The van der Waals surface area contributed by atoms with E-state index < -0.39 is 51.9 Å². The van der Waals surface area contributed by atoms with Crippen LogP contribution in [-0.4, -0.2) is 49.2 Å². The van der Waals surface area contributed by atoms with Gasteiger partial charge in [-0.2, -0.15) is 0 Å². The number of ketones is 1. The summed E-state index contributed by atoms with van der Waals surface area (Å²) in [4.78, 5) is 48.3. The highest BCUT2D eigenvalue weighted by Gasteiger charge is 2.29. The van der Waals surface area contributed by atoms with Crippen LogP contribution in [0.2, 0.25) is 0 Å². The fraction of sp³-hybridized carbons (Fsp3) is 0.120. The molecule has 2 aromatic carbocycles. The number of aliphatic carboxylic acids is 1. The molecule has 0 amide bonds. The van der Waals surface area contributed by atoms with Crippen molar-refractivity contribution < 1.29 is 44.7 Å². The van der Waals surface area contributed by atoms with Crippen LogP contribution in [0, 0.1) is 13.8 Å². The second-order valence-corrected chi connectivity index (χ2v) is 7.86. The smallest absolute Gasteiger partial charge is 0.339 e. The van der Waals surface area contributed by atoms with E-state index in [-0.39, 0.29) is 33.4 Å². The second kappa shape index (κ2) is 8.70. The number of phenols is 2. The molecule has 0 saturated heterocycles. The summed E-state index contributed by atoms with van der Waals surface area (Å²) < 4.78 is 0.